The Morgan fingerprint density at radius 3 is 2.45 bits per heavy atom. The molecule has 0 bridgehead atoms. The third kappa shape index (κ3) is 3.01. The van der Waals surface area contributed by atoms with E-state index in [4.69, 9.17) is 9.47 Å². The predicted octanol–water partition coefficient (Wildman–Crippen LogP) is 5.19. The molecule has 1 heterocycles. The Labute approximate surface area is 132 Å². The average molecular weight is 294 g/mol. The highest BCUT2D eigenvalue weighted by atomic mass is 16.7. The first kappa shape index (κ1) is 14.7. The van der Waals surface area contributed by atoms with E-state index in [-0.39, 0.29) is 0 Å². The van der Waals surface area contributed by atoms with Crippen molar-refractivity contribution in [3.8, 4) is 11.5 Å². The van der Waals surface area contributed by atoms with Crippen LogP contribution in [0.1, 0.15) is 41.9 Å². The van der Waals surface area contributed by atoms with Crippen LogP contribution in [0.3, 0.4) is 0 Å². The highest BCUT2D eigenvalue weighted by Gasteiger charge is 2.18. The Kier molecular flexibility index (Phi) is 4.19. The van der Waals surface area contributed by atoms with Gasteiger partial charge in [0.15, 0.2) is 11.5 Å². The zero-order chi connectivity index (χ0) is 15.5. The monoisotopic (exact) mass is 294 g/mol. The molecule has 2 nitrogen and oxygen atoms in total. The van der Waals surface area contributed by atoms with E-state index in [1.54, 1.807) is 0 Å². The highest BCUT2D eigenvalue weighted by Crippen LogP contribution is 2.37. The molecule has 2 atom stereocenters. The maximum absolute atomic E-state index is 5.48. The van der Waals surface area contributed by atoms with Gasteiger partial charge in [0.25, 0.3) is 0 Å². The zero-order valence-corrected chi connectivity index (χ0v) is 13.2. The summed E-state index contributed by atoms with van der Waals surface area (Å²) in [5, 5.41) is 0. The summed E-state index contributed by atoms with van der Waals surface area (Å²) >= 11 is 0. The van der Waals surface area contributed by atoms with Gasteiger partial charge in [0.2, 0.25) is 6.79 Å². The largest absolute Gasteiger partial charge is 0.454 e. The summed E-state index contributed by atoms with van der Waals surface area (Å²) in [5.41, 5.74) is 3.91. The van der Waals surface area contributed by atoms with Crippen LogP contribution >= 0.6 is 0 Å². The first-order chi connectivity index (χ1) is 10.7. The molecule has 0 N–H and O–H groups in total. The van der Waals surface area contributed by atoms with Gasteiger partial charge in [0.1, 0.15) is 0 Å². The molecule has 3 rings (SSSR count). The van der Waals surface area contributed by atoms with Gasteiger partial charge in [0.05, 0.1) is 0 Å². The minimum atomic E-state index is 0.311. The maximum Gasteiger partial charge on any atom is 0.231 e. The summed E-state index contributed by atoms with van der Waals surface area (Å²) in [4.78, 5) is 0. The van der Waals surface area contributed by atoms with Gasteiger partial charge in [0, 0.05) is 5.92 Å². The van der Waals surface area contributed by atoms with Crippen molar-refractivity contribution in [3.63, 3.8) is 0 Å². The minimum absolute atomic E-state index is 0.311. The molecule has 0 unspecified atom stereocenters. The van der Waals surface area contributed by atoms with Crippen LogP contribution in [0.25, 0.3) is 0 Å². The molecule has 0 fully saturated rings. The van der Waals surface area contributed by atoms with Crippen molar-refractivity contribution in [2.75, 3.05) is 6.79 Å². The molecular weight excluding hydrogens is 272 g/mol. The summed E-state index contributed by atoms with van der Waals surface area (Å²) < 4.78 is 10.9. The first-order valence-corrected chi connectivity index (χ1v) is 7.76. The maximum atomic E-state index is 5.48. The number of rotatable bonds is 5. The van der Waals surface area contributed by atoms with Crippen molar-refractivity contribution in [2.24, 2.45) is 0 Å². The Bertz CT molecular complexity index is 658. The molecular formula is C20H22O2. The van der Waals surface area contributed by atoms with Crippen LogP contribution in [0, 0.1) is 6.92 Å². The van der Waals surface area contributed by atoms with E-state index < -0.39 is 0 Å². The molecule has 114 valence electrons. The average Bonchev–Trinajstić information content (AvgIpc) is 3.00. The van der Waals surface area contributed by atoms with Crippen molar-refractivity contribution < 1.29 is 9.47 Å². The van der Waals surface area contributed by atoms with Crippen molar-refractivity contribution in [3.05, 3.63) is 71.8 Å². The number of allylic oxidation sites excluding steroid dienone is 1. The van der Waals surface area contributed by atoms with Crippen molar-refractivity contribution in [1.29, 1.82) is 0 Å². The Hall–Kier alpha value is -2.22. The number of benzene rings is 2. The summed E-state index contributed by atoms with van der Waals surface area (Å²) in [6.07, 6.45) is 3.06. The molecule has 1 aliphatic rings. The molecule has 0 aliphatic carbocycles. The number of hydrogen-bond acceptors (Lipinski definition) is 2. The molecule has 0 amide bonds. The summed E-state index contributed by atoms with van der Waals surface area (Å²) in [6, 6.07) is 15.0. The standard InChI is InChI=1S/C20H22O2/c1-4-16(11-15(3)17-7-5-14(2)6-8-17)18-9-10-19-20(12-18)22-13-21-19/h4-10,12,15-16H,1,11,13H2,2-3H3/t15-,16+/m1/s1. The topological polar surface area (TPSA) is 18.5 Å². The first-order valence-electron chi connectivity index (χ1n) is 7.76. The van der Waals surface area contributed by atoms with E-state index in [2.05, 4.69) is 56.8 Å². The van der Waals surface area contributed by atoms with Crippen LogP contribution < -0.4 is 9.47 Å². The second kappa shape index (κ2) is 6.27. The van der Waals surface area contributed by atoms with Gasteiger partial charge in [-0.2, -0.15) is 0 Å². The van der Waals surface area contributed by atoms with Crippen LogP contribution in [0.4, 0.5) is 0 Å². The van der Waals surface area contributed by atoms with Gasteiger partial charge in [-0.3, -0.25) is 0 Å². The lowest BCUT2D eigenvalue weighted by atomic mass is 9.86. The second-order valence-electron chi connectivity index (χ2n) is 6.00. The lowest BCUT2D eigenvalue weighted by molar-refractivity contribution is 0.174. The highest BCUT2D eigenvalue weighted by molar-refractivity contribution is 5.46. The van der Waals surface area contributed by atoms with Crippen LogP contribution in [0.2, 0.25) is 0 Å². The van der Waals surface area contributed by atoms with Gasteiger partial charge in [-0.15, -0.1) is 6.58 Å². The van der Waals surface area contributed by atoms with Crippen molar-refractivity contribution in [2.45, 2.75) is 32.1 Å². The van der Waals surface area contributed by atoms with E-state index in [9.17, 15) is 0 Å². The zero-order valence-electron chi connectivity index (χ0n) is 13.2. The lowest BCUT2D eigenvalue weighted by Gasteiger charge is -2.19. The molecule has 0 radical (unpaired) electrons. The third-order valence-electron chi connectivity index (χ3n) is 4.36. The van der Waals surface area contributed by atoms with Crippen LogP contribution in [-0.4, -0.2) is 6.79 Å². The Balaban J connectivity index is 1.76. The molecule has 0 saturated heterocycles. The molecule has 0 spiro atoms. The molecule has 0 aromatic heterocycles. The Morgan fingerprint density at radius 2 is 1.73 bits per heavy atom. The van der Waals surface area contributed by atoms with Crippen molar-refractivity contribution >= 4 is 0 Å². The number of fused-ring (bicyclic) bond motifs is 1. The van der Waals surface area contributed by atoms with Crippen molar-refractivity contribution in [1.82, 2.24) is 0 Å². The molecule has 1 aliphatic heterocycles. The molecule has 0 saturated carbocycles. The van der Waals surface area contributed by atoms with E-state index in [0.29, 0.717) is 18.6 Å². The minimum Gasteiger partial charge on any atom is -0.454 e. The predicted molar refractivity (Wildman–Crippen MR) is 89.7 cm³/mol. The van der Waals surface area contributed by atoms with Gasteiger partial charge >= 0.3 is 0 Å². The molecule has 2 aromatic carbocycles. The lowest BCUT2D eigenvalue weighted by Crippen LogP contribution is -2.02. The Morgan fingerprint density at radius 1 is 1.05 bits per heavy atom. The fourth-order valence-electron chi connectivity index (χ4n) is 2.92. The number of ether oxygens (including phenoxy) is 2. The molecule has 2 aromatic rings. The normalized spacial score (nSPS) is 15.4. The van der Waals surface area contributed by atoms with E-state index in [1.807, 2.05) is 12.1 Å². The van der Waals surface area contributed by atoms with E-state index >= 15 is 0 Å². The van der Waals surface area contributed by atoms with Gasteiger partial charge in [-0.05, 0) is 42.5 Å². The fourth-order valence-corrected chi connectivity index (χ4v) is 2.92. The smallest absolute Gasteiger partial charge is 0.231 e. The number of hydrogen-bond donors (Lipinski definition) is 0. The quantitative estimate of drug-likeness (QED) is 0.707. The van der Waals surface area contributed by atoms with Gasteiger partial charge in [-0.25, -0.2) is 0 Å². The van der Waals surface area contributed by atoms with Crippen LogP contribution in [0.5, 0.6) is 11.5 Å². The second-order valence-corrected chi connectivity index (χ2v) is 6.00. The van der Waals surface area contributed by atoms with E-state index in [0.717, 1.165) is 17.9 Å². The summed E-state index contributed by atoms with van der Waals surface area (Å²) in [7, 11) is 0. The molecule has 2 heteroatoms. The van der Waals surface area contributed by atoms with Gasteiger partial charge < -0.3 is 9.47 Å². The summed E-state index contributed by atoms with van der Waals surface area (Å²) in [5.74, 6) is 2.46. The van der Waals surface area contributed by atoms with E-state index in [1.165, 1.54) is 16.7 Å². The van der Waals surface area contributed by atoms with Crippen LogP contribution in [-0.2, 0) is 0 Å². The molecule has 22 heavy (non-hydrogen) atoms. The summed E-state index contributed by atoms with van der Waals surface area (Å²) in [6.45, 7) is 8.73. The van der Waals surface area contributed by atoms with Gasteiger partial charge in [-0.1, -0.05) is 48.9 Å². The number of aryl methyl sites for hydroxylation is 1. The van der Waals surface area contributed by atoms with Crippen LogP contribution in [0.15, 0.2) is 55.1 Å². The fraction of sp³-hybridized carbons (Fsp3) is 0.300. The SMILES string of the molecule is C=C[C@@H](C[C@@H](C)c1ccc(C)cc1)c1ccc2c(c1)OCO2. The third-order valence-corrected chi connectivity index (χ3v) is 4.36.